The quantitative estimate of drug-likeness (QED) is 0.176. The summed E-state index contributed by atoms with van der Waals surface area (Å²) in [4.78, 5) is 14.2. The third-order valence-corrected chi connectivity index (χ3v) is 11.4. The zero-order valence-corrected chi connectivity index (χ0v) is 33.4. The van der Waals surface area contributed by atoms with Crippen LogP contribution in [0.25, 0.3) is 88.6 Å². The lowest BCUT2D eigenvalue weighted by molar-refractivity contribution is 0.928. The van der Waals surface area contributed by atoms with Crippen molar-refractivity contribution in [1.82, 2.24) is 24.1 Å². The number of aromatic nitrogens is 5. The van der Waals surface area contributed by atoms with E-state index in [1.165, 1.54) is 43.8 Å². The maximum absolute atomic E-state index is 10.3. The smallest absolute Gasteiger partial charge is 0.163 e. The second-order valence-corrected chi connectivity index (χ2v) is 15.6. The van der Waals surface area contributed by atoms with E-state index in [0.717, 1.165) is 61.3 Å². The molecule has 0 unspecified atom stereocenters. The molecule has 0 bridgehead atoms. The van der Waals surface area contributed by atoms with Crippen molar-refractivity contribution >= 4 is 43.6 Å². The molecule has 6 heteroatoms. The van der Waals surface area contributed by atoms with Gasteiger partial charge in [0.05, 0.1) is 45.1 Å². The molecule has 0 N–H and O–H groups in total. The van der Waals surface area contributed by atoms with E-state index in [2.05, 4.69) is 157 Å². The molecule has 0 fully saturated rings. The largest absolute Gasteiger partial charge is 0.309 e. The van der Waals surface area contributed by atoms with E-state index in [4.69, 9.17) is 9.97 Å². The maximum Gasteiger partial charge on any atom is 0.163 e. The van der Waals surface area contributed by atoms with Gasteiger partial charge < -0.3 is 9.13 Å². The monoisotopic (exact) mass is 748 g/mol. The van der Waals surface area contributed by atoms with Crippen LogP contribution in [-0.4, -0.2) is 24.1 Å². The molecule has 10 aromatic rings. The molecule has 0 spiro atoms. The second kappa shape index (κ2) is 13.4. The molecule has 0 aliphatic carbocycles. The molecule has 0 saturated heterocycles. The Hall–Kier alpha value is -7.36. The Kier molecular flexibility index (Phi) is 8.10. The second-order valence-electron chi connectivity index (χ2n) is 15.6. The van der Waals surface area contributed by atoms with Crippen LogP contribution in [0.3, 0.4) is 0 Å². The predicted molar refractivity (Wildman–Crippen MR) is 238 cm³/mol. The molecule has 10 rings (SSSR count). The fraction of sp³-hybridized carbons (Fsp3) is 0.115. The average molecular weight is 749 g/mol. The standard InChI is InChI=1S/C52H40N6/c1-30-11-17-46-40(23-30)41-24-31(2)12-18-47(41)57(46)50-21-15-36(39-10-8-7-9-38(39)29-53)27-44(50)45-28-37(52-55-34(5)54-35(6)56-52)16-22-51(45)58-48-19-13-32(3)25-42(48)43-26-33(4)14-20-49(43)58/h7-28H,1-6H3. The van der Waals surface area contributed by atoms with Gasteiger partial charge in [-0.3, -0.25) is 0 Å². The third-order valence-electron chi connectivity index (χ3n) is 11.4. The zero-order chi connectivity index (χ0) is 39.8. The van der Waals surface area contributed by atoms with Crippen molar-refractivity contribution in [2.75, 3.05) is 0 Å². The van der Waals surface area contributed by atoms with Crippen LogP contribution < -0.4 is 0 Å². The number of benzene rings is 7. The number of nitrogens with zero attached hydrogens (tertiary/aromatic N) is 6. The van der Waals surface area contributed by atoms with Crippen LogP contribution in [0.5, 0.6) is 0 Å². The maximum atomic E-state index is 10.3. The van der Waals surface area contributed by atoms with Crippen molar-refractivity contribution in [1.29, 1.82) is 5.26 Å². The fourth-order valence-electron chi connectivity index (χ4n) is 8.80. The Morgan fingerprint density at radius 1 is 0.414 bits per heavy atom. The predicted octanol–water partition coefficient (Wildman–Crippen LogP) is 12.8. The minimum absolute atomic E-state index is 0.626. The number of hydrogen-bond donors (Lipinski definition) is 0. The van der Waals surface area contributed by atoms with Crippen LogP contribution in [-0.2, 0) is 0 Å². The van der Waals surface area contributed by atoms with Crippen LogP contribution in [0.1, 0.15) is 39.5 Å². The summed E-state index contributed by atoms with van der Waals surface area (Å²) in [6.07, 6.45) is 0. The summed E-state index contributed by atoms with van der Waals surface area (Å²) in [5.41, 5.74) is 16.8. The van der Waals surface area contributed by atoms with Crippen molar-refractivity contribution in [3.05, 3.63) is 173 Å². The minimum atomic E-state index is 0.626. The van der Waals surface area contributed by atoms with E-state index in [1.54, 1.807) is 0 Å². The highest BCUT2D eigenvalue weighted by atomic mass is 15.0. The molecular weight excluding hydrogens is 709 g/mol. The van der Waals surface area contributed by atoms with Gasteiger partial charge in [0.2, 0.25) is 0 Å². The SMILES string of the molecule is Cc1ccc2c(c1)c1cc(C)ccc1n2-c1ccc(-c2nc(C)nc(C)n2)cc1-c1cc(-c2ccccc2C#N)ccc1-n1c2ccc(C)cc2c2cc(C)ccc21. The van der Waals surface area contributed by atoms with Crippen molar-refractivity contribution in [2.45, 2.75) is 41.5 Å². The van der Waals surface area contributed by atoms with Crippen molar-refractivity contribution in [2.24, 2.45) is 0 Å². The van der Waals surface area contributed by atoms with Gasteiger partial charge in [0.15, 0.2) is 5.82 Å². The lowest BCUT2D eigenvalue weighted by Crippen LogP contribution is -2.04. The number of nitriles is 1. The van der Waals surface area contributed by atoms with E-state index in [-0.39, 0.29) is 0 Å². The molecule has 3 aromatic heterocycles. The van der Waals surface area contributed by atoms with Crippen LogP contribution in [0.4, 0.5) is 0 Å². The molecule has 0 aliphatic rings. The molecule has 6 nitrogen and oxygen atoms in total. The summed E-state index contributed by atoms with van der Waals surface area (Å²) < 4.78 is 4.82. The van der Waals surface area contributed by atoms with Gasteiger partial charge in [-0.15, -0.1) is 0 Å². The first-order valence-electron chi connectivity index (χ1n) is 19.7. The van der Waals surface area contributed by atoms with E-state index < -0.39 is 0 Å². The molecule has 0 amide bonds. The molecule has 0 aliphatic heterocycles. The minimum Gasteiger partial charge on any atom is -0.309 e. The number of hydrogen-bond acceptors (Lipinski definition) is 4. The van der Waals surface area contributed by atoms with Crippen LogP contribution in [0.15, 0.2) is 133 Å². The molecule has 58 heavy (non-hydrogen) atoms. The summed E-state index contributed by atoms with van der Waals surface area (Å²) in [5, 5.41) is 15.1. The Morgan fingerprint density at radius 2 is 0.828 bits per heavy atom. The summed E-state index contributed by atoms with van der Waals surface area (Å²) >= 11 is 0. The van der Waals surface area contributed by atoms with E-state index in [0.29, 0.717) is 23.0 Å². The van der Waals surface area contributed by atoms with Gasteiger partial charge in [-0.25, -0.2) is 15.0 Å². The van der Waals surface area contributed by atoms with Crippen molar-refractivity contribution in [3.63, 3.8) is 0 Å². The average Bonchev–Trinajstić information content (AvgIpc) is 3.70. The molecule has 0 atom stereocenters. The summed E-state index contributed by atoms with van der Waals surface area (Å²) in [6, 6.07) is 50.5. The third kappa shape index (κ3) is 5.66. The van der Waals surface area contributed by atoms with Crippen LogP contribution >= 0.6 is 0 Å². The van der Waals surface area contributed by atoms with Gasteiger partial charge in [-0.05, 0) is 138 Å². The lowest BCUT2D eigenvalue weighted by Gasteiger charge is -2.21. The van der Waals surface area contributed by atoms with E-state index in [1.807, 2.05) is 38.1 Å². The molecule has 0 saturated carbocycles. The molecule has 278 valence electrons. The summed E-state index contributed by atoms with van der Waals surface area (Å²) in [5.74, 6) is 1.97. The fourth-order valence-corrected chi connectivity index (χ4v) is 8.80. The van der Waals surface area contributed by atoms with E-state index >= 15 is 0 Å². The molecule has 0 radical (unpaired) electrons. The first-order valence-corrected chi connectivity index (χ1v) is 19.7. The highest BCUT2D eigenvalue weighted by molar-refractivity contribution is 6.12. The van der Waals surface area contributed by atoms with Crippen LogP contribution in [0.2, 0.25) is 0 Å². The number of rotatable bonds is 5. The van der Waals surface area contributed by atoms with Crippen molar-refractivity contribution in [3.8, 4) is 51.1 Å². The topological polar surface area (TPSA) is 72.3 Å². The number of fused-ring (bicyclic) bond motifs is 6. The summed E-state index contributed by atoms with van der Waals surface area (Å²) in [7, 11) is 0. The first-order chi connectivity index (χ1) is 28.1. The molecule has 3 heterocycles. The zero-order valence-electron chi connectivity index (χ0n) is 33.4. The van der Waals surface area contributed by atoms with Gasteiger partial charge in [0.1, 0.15) is 11.6 Å². The van der Waals surface area contributed by atoms with Gasteiger partial charge in [-0.1, -0.05) is 70.8 Å². The van der Waals surface area contributed by atoms with Crippen LogP contribution in [0, 0.1) is 52.9 Å². The Labute approximate surface area is 337 Å². The molecular formula is C52H40N6. The molecule has 7 aromatic carbocycles. The highest BCUT2D eigenvalue weighted by Gasteiger charge is 2.23. The first kappa shape index (κ1) is 35.1. The van der Waals surface area contributed by atoms with Gasteiger partial charge >= 0.3 is 0 Å². The normalized spacial score (nSPS) is 11.6. The Balaban J connectivity index is 1.38. The Bertz CT molecular complexity index is 3230. The Morgan fingerprint density at radius 3 is 1.28 bits per heavy atom. The van der Waals surface area contributed by atoms with Gasteiger partial charge in [0, 0.05) is 38.2 Å². The van der Waals surface area contributed by atoms with Gasteiger partial charge in [-0.2, -0.15) is 5.26 Å². The van der Waals surface area contributed by atoms with E-state index in [9.17, 15) is 5.26 Å². The summed E-state index contributed by atoms with van der Waals surface area (Å²) in [6.45, 7) is 12.4. The highest BCUT2D eigenvalue weighted by Crippen LogP contribution is 2.44. The number of aryl methyl sites for hydroxylation is 6. The van der Waals surface area contributed by atoms with Crippen molar-refractivity contribution < 1.29 is 0 Å². The van der Waals surface area contributed by atoms with Gasteiger partial charge in [0.25, 0.3) is 0 Å². The lowest BCUT2D eigenvalue weighted by atomic mass is 9.93.